The van der Waals surface area contributed by atoms with E-state index < -0.39 is 0 Å². The predicted octanol–water partition coefficient (Wildman–Crippen LogP) is 10.1. The van der Waals surface area contributed by atoms with Crippen LogP contribution < -0.4 is 11.1 Å². The normalized spacial score (nSPS) is 19.4. The summed E-state index contributed by atoms with van der Waals surface area (Å²) >= 11 is 8.85. The Morgan fingerprint density at radius 2 is 1.17 bits per heavy atom. The van der Waals surface area contributed by atoms with E-state index in [1.165, 1.54) is 35.5 Å². The van der Waals surface area contributed by atoms with Gasteiger partial charge >= 0.3 is 0 Å². The molecular weight excluding hydrogens is 1010 g/mol. The van der Waals surface area contributed by atoms with Gasteiger partial charge in [-0.1, -0.05) is 11.6 Å². The summed E-state index contributed by atoms with van der Waals surface area (Å²) in [5.41, 5.74) is 13.6. The van der Waals surface area contributed by atoms with Crippen molar-refractivity contribution in [3.8, 4) is 0 Å². The van der Waals surface area contributed by atoms with E-state index >= 15 is 0 Å². The number of halogens is 1. The van der Waals surface area contributed by atoms with Crippen molar-refractivity contribution in [2.24, 2.45) is 11.8 Å². The molecule has 2 amide bonds. The summed E-state index contributed by atoms with van der Waals surface area (Å²) in [4.78, 5) is 64.3. The number of fused-ring (bicyclic) bond motifs is 4. The summed E-state index contributed by atoms with van der Waals surface area (Å²) in [7, 11) is 3.25. The molecule has 8 aromatic rings. The first-order valence-corrected chi connectivity index (χ1v) is 27.4. The van der Waals surface area contributed by atoms with Crippen LogP contribution in [0.3, 0.4) is 0 Å². The van der Waals surface area contributed by atoms with Crippen molar-refractivity contribution in [1.82, 2.24) is 28.9 Å². The van der Waals surface area contributed by atoms with Crippen LogP contribution >= 0.6 is 34.3 Å². The summed E-state index contributed by atoms with van der Waals surface area (Å²) in [5.74, 6) is 1.33. The lowest BCUT2D eigenvalue weighted by Crippen LogP contribution is -2.37. The van der Waals surface area contributed by atoms with Gasteiger partial charge < -0.3 is 40.5 Å². The lowest BCUT2D eigenvalue weighted by Gasteiger charge is -2.21. The molecule has 4 atom stereocenters. The molecule has 2 saturated heterocycles. The number of thiophene rings is 2. The molecule has 0 spiro atoms. The number of anilines is 3. The molecule has 0 bridgehead atoms. The zero-order chi connectivity index (χ0) is 52.7. The summed E-state index contributed by atoms with van der Waals surface area (Å²) in [6.45, 7) is 4.77. The first kappa shape index (κ1) is 52.2. The van der Waals surface area contributed by atoms with E-state index in [2.05, 4.69) is 27.4 Å². The van der Waals surface area contributed by atoms with E-state index in [0.29, 0.717) is 65.4 Å². The fourth-order valence-corrected chi connectivity index (χ4v) is 12.6. The Morgan fingerprint density at radius 3 is 1.68 bits per heavy atom. The zero-order valence-electron chi connectivity index (χ0n) is 42.3. The fourth-order valence-electron chi connectivity index (χ4n) is 10.3. The minimum absolute atomic E-state index is 0.0257. The Kier molecular flexibility index (Phi) is 15.4. The second-order valence-corrected chi connectivity index (χ2v) is 22.6. The Balaban J connectivity index is 0.000000142. The molecule has 8 heterocycles. The zero-order valence-corrected chi connectivity index (χ0v) is 44.7. The Hall–Kier alpha value is -6.25. The van der Waals surface area contributed by atoms with Crippen LogP contribution in [0.1, 0.15) is 91.7 Å². The van der Waals surface area contributed by atoms with Gasteiger partial charge in [-0.05, 0) is 137 Å². The molecule has 19 heteroatoms. The van der Waals surface area contributed by atoms with E-state index in [1.807, 2.05) is 71.5 Å². The molecule has 0 unspecified atom stereocenters. The van der Waals surface area contributed by atoms with Gasteiger partial charge in [0.2, 0.25) is 11.8 Å². The molecule has 5 N–H and O–H groups in total. The molecular formula is C56H61ClN8O8S2. The van der Waals surface area contributed by atoms with Crippen LogP contribution in [0, 0.1) is 25.7 Å². The number of aryl methyl sites for hydroxylation is 2. The number of ether oxygens (including phenoxy) is 2. The Labute approximate surface area is 447 Å². The molecule has 2 saturated carbocycles. The summed E-state index contributed by atoms with van der Waals surface area (Å²) in [6.07, 6.45) is 10.6. The van der Waals surface area contributed by atoms with Gasteiger partial charge in [-0.2, -0.15) is 0 Å². The quantitative estimate of drug-likeness (QED) is 0.0844. The monoisotopic (exact) mass is 1070 g/mol. The third kappa shape index (κ3) is 11.2. The van der Waals surface area contributed by atoms with Crippen LogP contribution in [0.5, 0.6) is 0 Å². The number of pyridine rings is 2. The molecule has 6 aromatic heterocycles. The summed E-state index contributed by atoms with van der Waals surface area (Å²) in [6, 6.07) is 22.5. The van der Waals surface area contributed by atoms with E-state index in [-0.39, 0.29) is 61.1 Å². The number of nitrogens with two attached hydrogens (primary N) is 1. The highest BCUT2D eigenvalue weighted by Gasteiger charge is 2.37. The lowest BCUT2D eigenvalue weighted by atomic mass is 10.2. The second-order valence-electron chi connectivity index (χ2n) is 20.1. The van der Waals surface area contributed by atoms with Gasteiger partial charge in [-0.25, -0.2) is 0 Å². The molecule has 2 aliphatic carbocycles. The first-order chi connectivity index (χ1) is 36.2. The number of rotatable bonds is 12. The number of benzene rings is 2. The third-order valence-corrected chi connectivity index (χ3v) is 17.4. The third-order valence-electron chi connectivity index (χ3n) is 14.7. The molecule has 75 heavy (non-hydrogen) atoms. The first-order valence-electron chi connectivity index (χ1n) is 25.4. The van der Waals surface area contributed by atoms with Gasteiger partial charge in [0.1, 0.15) is 0 Å². The molecule has 2 aromatic carbocycles. The number of aliphatic hydroxyl groups excluding tert-OH is 2. The van der Waals surface area contributed by atoms with Gasteiger partial charge in [-0.15, -0.1) is 22.7 Å². The van der Waals surface area contributed by atoms with Crippen LogP contribution in [0.4, 0.5) is 17.1 Å². The van der Waals surface area contributed by atoms with E-state index in [9.17, 15) is 29.4 Å². The predicted molar refractivity (Wildman–Crippen MR) is 296 cm³/mol. The number of hydrogen-bond donors (Lipinski definition) is 4. The Bertz CT molecular complexity index is 3450. The van der Waals surface area contributed by atoms with Crippen LogP contribution in [0.15, 0.2) is 85.2 Å². The topological polar surface area (TPSA) is 207 Å². The standard InChI is InChI=1S/C28H30N4O4S.C14H15ClN2O3S.C14H16N2O/c1-16-9-18-11-19(5-6-24(18)32(16)26(34)10-17-3-4-17)30-22-7-8-29-23-13-25(37-27(22)23)28(35)31-14-21(36-2)12-20(31)15-33;1-20-9-4-8(7-18)17(6-9)14(19)12-5-11-13(21-12)10(15)2-3-16-11;1-9-6-11-8-12(15)4-5-13(11)16(9)14(17)7-10-2-3-10/h5-9,11,13,17,20-21,33H,3-4,10,12,14-15H2,1-2H3,(H,29,30);2-3,5,8-9,18H,4,6-7H2,1H3;4-6,8,10H,2-3,7,15H2,1H3/t20-,21+;8-,9+;/m00./s1. The van der Waals surface area contributed by atoms with Crippen molar-refractivity contribution in [3.05, 3.63) is 111 Å². The van der Waals surface area contributed by atoms with Crippen LogP contribution in [0.25, 0.3) is 42.2 Å². The van der Waals surface area contributed by atoms with Gasteiger partial charge in [0, 0.05) is 86.1 Å². The molecule has 2 aliphatic heterocycles. The number of methoxy groups -OCH3 is 2. The number of likely N-dealkylation sites (tertiary alicyclic amines) is 2. The summed E-state index contributed by atoms with van der Waals surface area (Å²) in [5, 5.41) is 25.4. The molecule has 16 nitrogen and oxygen atoms in total. The number of nitrogens with zero attached hydrogens (tertiary/aromatic N) is 6. The average Bonchev–Trinajstić information content (AvgIpc) is 3.96. The van der Waals surface area contributed by atoms with E-state index in [0.717, 1.165) is 83.5 Å². The number of amides is 2. The highest BCUT2D eigenvalue weighted by Crippen LogP contribution is 2.38. The Morgan fingerprint density at radius 1 is 0.680 bits per heavy atom. The van der Waals surface area contributed by atoms with Gasteiger partial charge in [0.25, 0.3) is 11.8 Å². The lowest BCUT2D eigenvalue weighted by molar-refractivity contribution is 0.0648. The summed E-state index contributed by atoms with van der Waals surface area (Å²) < 4.78 is 16.1. The number of hydrogen-bond acceptors (Lipinski definition) is 14. The minimum Gasteiger partial charge on any atom is -0.399 e. The molecule has 4 aliphatic rings. The van der Waals surface area contributed by atoms with Crippen molar-refractivity contribution >= 4 is 117 Å². The molecule has 392 valence electrons. The number of aliphatic hydroxyl groups is 2. The number of nitrogen functional groups attached to an aromatic ring is 1. The van der Waals surface area contributed by atoms with Crippen molar-refractivity contribution in [3.63, 3.8) is 0 Å². The highest BCUT2D eigenvalue weighted by atomic mass is 35.5. The number of carbonyl (C=O) groups is 4. The molecule has 4 fully saturated rings. The number of nitrogens with one attached hydrogen (secondary N) is 1. The number of carbonyl (C=O) groups excluding carboxylic acids is 4. The van der Waals surface area contributed by atoms with Crippen molar-refractivity contribution < 1.29 is 38.9 Å². The SMILES string of the molecule is CO[C@@H]1C[C@@H](CO)N(C(=O)c2cc3nccc(Cl)c3s2)C1.CO[C@@H]1C[C@@H](CO)N(C(=O)c2cc3nccc(Nc4ccc5c(c4)cc(C)n5C(=O)CC4CC4)c3s2)C1.Cc1cc2cc(N)ccc2n1C(=O)CC1CC1. The maximum atomic E-state index is 13.3. The molecule has 12 rings (SSSR count). The van der Waals surface area contributed by atoms with Crippen LogP contribution in [-0.2, 0) is 9.47 Å². The fraction of sp³-hybridized carbons (Fsp3) is 0.393. The number of aromatic nitrogens is 4. The van der Waals surface area contributed by atoms with Crippen LogP contribution in [0.2, 0.25) is 5.02 Å². The van der Waals surface area contributed by atoms with Gasteiger partial charge in [0.15, 0.2) is 0 Å². The second kappa shape index (κ2) is 22.1. The maximum absolute atomic E-state index is 13.3. The van der Waals surface area contributed by atoms with E-state index in [4.69, 9.17) is 26.8 Å². The van der Waals surface area contributed by atoms with Gasteiger partial charge in [0.05, 0.1) is 89.4 Å². The van der Waals surface area contributed by atoms with Crippen molar-refractivity contribution in [2.45, 2.75) is 89.5 Å². The van der Waals surface area contributed by atoms with Crippen LogP contribution in [-0.4, -0.2) is 128 Å². The maximum Gasteiger partial charge on any atom is 0.264 e. The average molecular weight is 1070 g/mol. The minimum atomic E-state index is -0.244. The highest BCUT2D eigenvalue weighted by molar-refractivity contribution is 7.21. The van der Waals surface area contributed by atoms with Gasteiger partial charge in [-0.3, -0.25) is 38.3 Å². The molecule has 0 radical (unpaired) electrons. The van der Waals surface area contributed by atoms with E-state index in [1.54, 1.807) is 48.5 Å². The largest absolute Gasteiger partial charge is 0.399 e. The smallest absolute Gasteiger partial charge is 0.264 e. The van der Waals surface area contributed by atoms with Crippen molar-refractivity contribution in [1.29, 1.82) is 0 Å². The van der Waals surface area contributed by atoms with Crippen molar-refractivity contribution in [2.75, 3.05) is 51.6 Å².